The van der Waals surface area contributed by atoms with Gasteiger partial charge in [-0.15, -0.1) is 0 Å². The third kappa shape index (κ3) is 8.24. The number of carbonyl (C=O) groups is 1. The maximum absolute atomic E-state index is 13.0. The molecule has 0 aromatic heterocycles. The third-order valence-electron chi connectivity index (χ3n) is 6.45. The fourth-order valence-electron chi connectivity index (χ4n) is 4.79. The Bertz CT molecular complexity index is 1040. The second-order valence-corrected chi connectivity index (χ2v) is 8.91. The highest BCUT2D eigenvalue weighted by atomic mass is 19.4. The first-order valence-electron chi connectivity index (χ1n) is 12.2. The van der Waals surface area contributed by atoms with Crippen molar-refractivity contribution in [3.8, 4) is 0 Å². The number of nitrogens with zero attached hydrogens (tertiary/aromatic N) is 1. The topological polar surface area (TPSA) is 84.5 Å². The Hall–Kier alpha value is -3.02. The quantitative estimate of drug-likeness (QED) is 0.320. The number of hydrogen-bond acceptors (Lipinski definition) is 4. The maximum atomic E-state index is 13.0. The van der Waals surface area contributed by atoms with Crippen molar-refractivity contribution in [3.63, 3.8) is 0 Å². The summed E-state index contributed by atoms with van der Waals surface area (Å²) in [5, 5.41) is 5.29. The zero-order valence-electron chi connectivity index (χ0n) is 20.9. The van der Waals surface area contributed by atoms with Crippen LogP contribution in [0.2, 0.25) is 0 Å². The van der Waals surface area contributed by atoms with Gasteiger partial charge in [-0.3, -0.25) is 4.79 Å². The van der Waals surface area contributed by atoms with Crippen LogP contribution < -0.4 is 11.1 Å². The fourth-order valence-corrected chi connectivity index (χ4v) is 4.79. The Balaban J connectivity index is 0.000000253. The number of halogens is 7. The van der Waals surface area contributed by atoms with Crippen molar-refractivity contribution >= 4 is 5.91 Å². The predicted molar refractivity (Wildman–Crippen MR) is 128 cm³/mol. The number of nitrogens with two attached hydrogens (primary N) is 1. The molecule has 0 radical (unpaired) electrons. The number of rotatable bonds is 4. The van der Waals surface area contributed by atoms with Gasteiger partial charge in [0.25, 0.3) is 0 Å². The van der Waals surface area contributed by atoms with E-state index in [-0.39, 0.29) is 29.9 Å². The van der Waals surface area contributed by atoms with Crippen molar-refractivity contribution in [2.45, 2.75) is 76.4 Å². The highest BCUT2D eigenvalue weighted by Gasteiger charge is 2.40. The first-order valence-corrected chi connectivity index (χ1v) is 12.2. The van der Waals surface area contributed by atoms with Gasteiger partial charge in [0.1, 0.15) is 12.4 Å². The molecular weight excluding hydrogens is 519 g/mol. The Morgan fingerprint density at radius 3 is 1.95 bits per heavy atom. The lowest BCUT2D eigenvalue weighted by Crippen LogP contribution is -2.35. The van der Waals surface area contributed by atoms with E-state index in [1.165, 1.54) is 17.7 Å². The lowest BCUT2D eigenvalue weighted by Gasteiger charge is -2.25. The number of carbonyl (C=O) groups excluding carboxylic acids is 1. The summed E-state index contributed by atoms with van der Waals surface area (Å²) < 4.78 is 86.8. The largest absolute Gasteiger partial charge is 0.416 e. The number of hydrogen-bond donors (Lipinski definition) is 2. The van der Waals surface area contributed by atoms with Crippen molar-refractivity contribution in [1.29, 1.82) is 0 Å². The van der Waals surface area contributed by atoms with Crippen LogP contribution in [0.5, 0.6) is 0 Å². The Morgan fingerprint density at radius 1 is 0.947 bits per heavy atom. The maximum Gasteiger partial charge on any atom is 0.416 e. The van der Waals surface area contributed by atoms with Crippen molar-refractivity contribution in [2.24, 2.45) is 16.8 Å². The second-order valence-electron chi connectivity index (χ2n) is 8.91. The van der Waals surface area contributed by atoms with Gasteiger partial charge in [-0.05, 0) is 72.6 Å². The first kappa shape index (κ1) is 31.2. The monoisotopic (exact) mass is 549 g/mol. The van der Waals surface area contributed by atoms with Gasteiger partial charge in [0.15, 0.2) is 0 Å². The second kappa shape index (κ2) is 13.2. The van der Waals surface area contributed by atoms with Crippen LogP contribution in [-0.2, 0) is 23.7 Å². The molecule has 1 amide bonds. The number of nitroso groups, excluding NO2 is 1. The van der Waals surface area contributed by atoms with Gasteiger partial charge in [0, 0.05) is 6.04 Å². The van der Waals surface area contributed by atoms with E-state index in [0.717, 1.165) is 25.7 Å². The third-order valence-corrected chi connectivity index (χ3v) is 6.45. The van der Waals surface area contributed by atoms with E-state index in [4.69, 9.17) is 5.73 Å². The van der Waals surface area contributed by atoms with Crippen LogP contribution in [0.25, 0.3) is 0 Å². The molecule has 2 aromatic carbocycles. The van der Waals surface area contributed by atoms with E-state index in [1.54, 1.807) is 0 Å². The molecule has 2 aromatic rings. The molecule has 1 aliphatic heterocycles. The van der Waals surface area contributed by atoms with E-state index in [1.807, 2.05) is 26.0 Å². The van der Waals surface area contributed by atoms with Crippen molar-refractivity contribution in [3.05, 3.63) is 75.4 Å². The molecule has 2 fully saturated rings. The molecule has 1 saturated carbocycles. The van der Waals surface area contributed by atoms with Crippen molar-refractivity contribution < 1.29 is 35.5 Å². The van der Waals surface area contributed by atoms with Gasteiger partial charge in [-0.25, -0.2) is 4.39 Å². The van der Waals surface area contributed by atoms with Gasteiger partial charge in [0.2, 0.25) is 5.91 Å². The molecule has 0 bridgehead atoms. The lowest BCUT2D eigenvalue weighted by atomic mass is 9.83. The van der Waals surface area contributed by atoms with Gasteiger partial charge in [0.05, 0.1) is 17.2 Å². The normalized spacial score (nSPS) is 23.1. The zero-order chi connectivity index (χ0) is 28.7. The molecular formula is C26H30F7N3O2. The average Bonchev–Trinajstić information content (AvgIpc) is 3.47. The van der Waals surface area contributed by atoms with Crippen LogP contribution in [-0.4, -0.2) is 18.0 Å². The molecule has 1 heterocycles. The summed E-state index contributed by atoms with van der Waals surface area (Å²) in [6, 6.07) is 7.53. The summed E-state index contributed by atoms with van der Waals surface area (Å²) in [5.74, 6) is 0.614. The van der Waals surface area contributed by atoms with E-state index >= 15 is 0 Å². The van der Waals surface area contributed by atoms with Crippen LogP contribution in [0.15, 0.2) is 47.6 Å². The van der Waals surface area contributed by atoms with E-state index in [0.29, 0.717) is 24.0 Å². The molecule has 12 heteroatoms. The minimum absolute atomic E-state index is 0.00565. The van der Waals surface area contributed by atoms with E-state index in [2.05, 4.69) is 10.5 Å². The average molecular weight is 550 g/mol. The molecule has 0 spiro atoms. The number of nitrogens with one attached hydrogen (secondary N) is 1. The molecule has 210 valence electrons. The Morgan fingerprint density at radius 2 is 1.50 bits per heavy atom. The summed E-state index contributed by atoms with van der Waals surface area (Å²) >= 11 is 0. The summed E-state index contributed by atoms with van der Waals surface area (Å²) in [6.45, 7) is 3.26. The van der Waals surface area contributed by atoms with Crippen molar-refractivity contribution in [1.82, 2.24) is 5.32 Å². The lowest BCUT2D eigenvalue weighted by molar-refractivity contribution is -0.143. The van der Waals surface area contributed by atoms with E-state index < -0.39 is 35.6 Å². The molecule has 4 atom stereocenters. The highest BCUT2D eigenvalue weighted by Crippen LogP contribution is 2.43. The number of amides is 1. The molecule has 2 aliphatic rings. The summed E-state index contributed by atoms with van der Waals surface area (Å²) in [6.07, 6.45) is -5.70. The van der Waals surface area contributed by atoms with Crippen LogP contribution >= 0.6 is 0 Å². The minimum Gasteiger partial charge on any atom is -0.352 e. The minimum atomic E-state index is -4.90. The Kier molecular flexibility index (Phi) is 10.8. The first-order chi connectivity index (χ1) is 17.8. The summed E-state index contributed by atoms with van der Waals surface area (Å²) in [5.41, 5.74) is 3.62. The number of alkyl halides is 6. The molecule has 1 saturated heterocycles. The molecule has 1 aliphatic carbocycles. The van der Waals surface area contributed by atoms with E-state index in [9.17, 15) is 40.4 Å². The molecule has 4 rings (SSSR count). The van der Waals surface area contributed by atoms with Gasteiger partial charge in [-0.2, -0.15) is 31.2 Å². The van der Waals surface area contributed by atoms with Crippen LogP contribution in [0.4, 0.5) is 30.7 Å². The van der Waals surface area contributed by atoms with Gasteiger partial charge in [-0.1, -0.05) is 37.6 Å². The van der Waals surface area contributed by atoms with Crippen LogP contribution in [0.3, 0.4) is 0 Å². The highest BCUT2D eigenvalue weighted by molar-refractivity contribution is 5.84. The molecule has 3 N–H and O–H groups in total. The zero-order valence-corrected chi connectivity index (χ0v) is 20.9. The smallest absolute Gasteiger partial charge is 0.352 e. The fraction of sp³-hybridized carbons (Fsp3) is 0.500. The van der Waals surface area contributed by atoms with Crippen LogP contribution in [0.1, 0.15) is 67.7 Å². The van der Waals surface area contributed by atoms with Crippen molar-refractivity contribution in [2.75, 3.05) is 0 Å². The molecule has 4 unspecified atom stereocenters. The van der Waals surface area contributed by atoms with Gasteiger partial charge < -0.3 is 11.1 Å². The Labute approximate surface area is 216 Å². The number of benzene rings is 2. The summed E-state index contributed by atoms with van der Waals surface area (Å²) in [7, 11) is 0. The predicted octanol–water partition coefficient (Wildman–Crippen LogP) is 6.94. The van der Waals surface area contributed by atoms with Crippen LogP contribution in [0, 0.1) is 16.6 Å². The molecule has 38 heavy (non-hydrogen) atoms. The standard InChI is InChI=1S/C15H19FN2O.C9H5F6NO.C2H6/c16-10-6-4-9(5-7-10)11-2-1-3-12(11)14-8-13(17)15(19)18-14;10-8(11,12)6-1-5(4-16-17)2-7(3-6)9(13,14)15;1-2/h4-7,11-14H,1-3,8,17H2,(H,18,19);1-3H,4H2;1-2H3. The van der Waals surface area contributed by atoms with Gasteiger partial charge >= 0.3 is 12.4 Å². The molecule has 5 nitrogen and oxygen atoms in total. The SMILES string of the molecule is CC.NC1CC(C2CCCC2c2ccc(F)cc2)NC1=O.O=NCc1cc(C(F)(F)F)cc(C(F)(F)F)c1. The summed E-state index contributed by atoms with van der Waals surface area (Å²) in [4.78, 5) is 21.4.